The average Bonchev–Trinajstić information content (AvgIpc) is 3.40. The van der Waals surface area contributed by atoms with Gasteiger partial charge in [-0.15, -0.1) is 0 Å². The Morgan fingerprint density at radius 1 is 1.03 bits per heavy atom. The maximum absolute atomic E-state index is 12.7. The number of nitrogens with zero attached hydrogens (tertiary/aromatic N) is 2. The maximum atomic E-state index is 12.7. The van der Waals surface area contributed by atoms with Gasteiger partial charge in [-0.3, -0.25) is 9.59 Å². The third-order valence-electron chi connectivity index (χ3n) is 5.96. The minimum Gasteiger partial charge on any atom is -0.488 e. The van der Waals surface area contributed by atoms with Crippen LogP contribution in [-0.2, 0) is 16.2 Å². The summed E-state index contributed by atoms with van der Waals surface area (Å²) in [5, 5.41) is 5.95. The van der Waals surface area contributed by atoms with Crippen LogP contribution in [0.2, 0.25) is 5.02 Å². The zero-order valence-corrected chi connectivity index (χ0v) is 16.3. The summed E-state index contributed by atoms with van der Waals surface area (Å²) >= 11 is 6.02. The molecule has 0 unspecified atom stereocenters. The zero-order chi connectivity index (χ0) is 20.0. The summed E-state index contributed by atoms with van der Waals surface area (Å²) in [4.78, 5) is 25.5. The molecule has 2 amide bonds. The number of amides is 2. The third-order valence-corrected chi connectivity index (χ3v) is 6.20. The molecule has 0 aromatic heterocycles. The number of carbonyl (C=O) groups excluding carboxylic acids is 2. The van der Waals surface area contributed by atoms with E-state index < -0.39 is 0 Å². The van der Waals surface area contributed by atoms with E-state index in [2.05, 4.69) is 17.3 Å². The van der Waals surface area contributed by atoms with Crippen molar-refractivity contribution in [2.75, 3.05) is 0 Å². The molecule has 4 atom stereocenters. The Morgan fingerprint density at radius 2 is 1.76 bits per heavy atom. The van der Waals surface area contributed by atoms with Crippen molar-refractivity contribution in [2.24, 2.45) is 28.8 Å². The standard InChI is InChI=1S/C23H19ClN2O3/c24-18-6-3-4-14(10-18)13-29-19-7-2-1-5-17(19)12-25-26-22(27)20-15-8-9-16(11-15)21(20)23(26)28/h1-10,12,15-16,20-21H,11,13H2/b25-12-/t15-,16+,20-,21-/m0/s1. The van der Waals surface area contributed by atoms with E-state index >= 15 is 0 Å². The highest BCUT2D eigenvalue weighted by Gasteiger charge is 2.59. The second-order valence-corrected chi connectivity index (χ2v) is 8.13. The van der Waals surface area contributed by atoms with Gasteiger partial charge < -0.3 is 4.74 Å². The van der Waals surface area contributed by atoms with Gasteiger partial charge in [0.15, 0.2) is 0 Å². The van der Waals surface area contributed by atoms with Crippen LogP contribution >= 0.6 is 11.6 Å². The zero-order valence-electron chi connectivity index (χ0n) is 15.6. The van der Waals surface area contributed by atoms with Crippen molar-refractivity contribution in [1.29, 1.82) is 0 Å². The molecule has 5 rings (SSSR count). The summed E-state index contributed by atoms with van der Waals surface area (Å²) in [5.74, 6) is 0.103. The van der Waals surface area contributed by atoms with Crippen LogP contribution in [0.1, 0.15) is 17.5 Å². The number of carbonyl (C=O) groups is 2. The smallest absolute Gasteiger partial charge is 0.254 e. The van der Waals surface area contributed by atoms with Gasteiger partial charge in [0.05, 0.1) is 18.1 Å². The Morgan fingerprint density at radius 3 is 2.48 bits per heavy atom. The summed E-state index contributed by atoms with van der Waals surface area (Å²) < 4.78 is 5.92. The van der Waals surface area contributed by atoms with E-state index in [0.29, 0.717) is 22.9 Å². The van der Waals surface area contributed by atoms with Crippen LogP contribution in [0.15, 0.2) is 65.8 Å². The number of hydrazone groups is 1. The summed E-state index contributed by atoms with van der Waals surface area (Å²) in [7, 11) is 0. The number of fused-ring (bicyclic) bond motifs is 5. The van der Waals surface area contributed by atoms with Gasteiger partial charge in [0.25, 0.3) is 11.8 Å². The molecule has 2 aromatic carbocycles. The van der Waals surface area contributed by atoms with Crippen LogP contribution in [0.5, 0.6) is 5.75 Å². The lowest BCUT2D eigenvalue weighted by molar-refractivity contribution is -0.140. The molecule has 146 valence electrons. The molecule has 1 saturated heterocycles. The normalized spacial score (nSPS) is 27.3. The number of halogens is 1. The van der Waals surface area contributed by atoms with E-state index in [1.54, 1.807) is 0 Å². The second kappa shape index (κ2) is 7.16. The number of ether oxygens (including phenoxy) is 1. The molecule has 29 heavy (non-hydrogen) atoms. The molecular formula is C23H19ClN2O3. The lowest BCUT2D eigenvalue weighted by Crippen LogP contribution is -2.28. The molecule has 2 aromatic rings. The van der Waals surface area contributed by atoms with Crippen molar-refractivity contribution >= 4 is 29.6 Å². The van der Waals surface area contributed by atoms with Crippen LogP contribution in [0.25, 0.3) is 0 Å². The van der Waals surface area contributed by atoms with Crippen LogP contribution < -0.4 is 4.74 Å². The fourth-order valence-corrected chi connectivity index (χ4v) is 4.84. The molecule has 1 saturated carbocycles. The number of rotatable bonds is 5. The fourth-order valence-electron chi connectivity index (χ4n) is 4.63. The number of benzene rings is 2. The summed E-state index contributed by atoms with van der Waals surface area (Å²) in [6.07, 6.45) is 6.58. The first kappa shape index (κ1) is 18.1. The first-order chi connectivity index (χ1) is 14.1. The third kappa shape index (κ3) is 3.15. The fraction of sp³-hybridized carbons (Fsp3) is 0.261. The molecule has 2 bridgehead atoms. The minimum absolute atomic E-state index is 0.176. The molecule has 1 aliphatic heterocycles. The van der Waals surface area contributed by atoms with E-state index in [-0.39, 0.29) is 35.5 Å². The van der Waals surface area contributed by atoms with Gasteiger partial charge in [0.2, 0.25) is 0 Å². The van der Waals surface area contributed by atoms with Gasteiger partial charge in [-0.25, -0.2) is 0 Å². The molecular weight excluding hydrogens is 388 g/mol. The van der Waals surface area contributed by atoms with E-state index in [9.17, 15) is 9.59 Å². The van der Waals surface area contributed by atoms with E-state index in [0.717, 1.165) is 17.0 Å². The molecule has 5 nitrogen and oxygen atoms in total. The highest BCUT2D eigenvalue weighted by molar-refractivity contribution is 6.30. The molecule has 0 N–H and O–H groups in total. The van der Waals surface area contributed by atoms with Crippen molar-refractivity contribution in [3.05, 3.63) is 76.8 Å². The van der Waals surface area contributed by atoms with Crippen molar-refractivity contribution in [1.82, 2.24) is 5.01 Å². The number of hydrogen-bond acceptors (Lipinski definition) is 4. The number of allylic oxidation sites excluding steroid dienone is 2. The van der Waals surface area contributed by atoms with Crippen LogP contribution in [-0.4, -0.2) is 23.0 Å². The largest absolute Gasteiger partial charge is 0.488 e. The van der Waals surface area contributed by atoms with Crippen molar-refractivity contribution in [2.45, 2.75) is 13.0 Å². The molecule has 0 radical (unpaired) electrons. The maximum Gasteiger partial charge on any atom is 0.254 e. The lowest BCUT2D eigenvalue weighted by atomic mass is 9.85. The monoisotopic (exact) mass is 406 g/mol. The first-order valence-electron chi connectivity index (χ1n) is 9.68. The number of hydrogen-bond donors (Lipinski definition) is 0. The van der Waals surface area contributed by atoms with Crippen molar-refractivity contribution < 1.29 is 14.3 Å². The van der Waals surface area contributed by atoms with E-state index in [1.165, 1.54) is 6.21 Å². The highest BCUT2D eigenvalue weighted by Crippen LogP contribution is 2.52. The van der Waals surface area contributed by atoms with Gasteiger partial charge in [-0.05, 0) is 48.1 Å². The summed E-state index contributed by atoms with van der Waals surface area (Å²) in [6.45, 7) is 0.353. The van der Waals surface area contributed by atoms with E-state index in [1.807, 2.05) is 48.5 Å². The number of imide groups is 1. The predicted octanol–water partition coefficient (Wildman–Crippen LogP) is 4.06. The van der Waals surface area contributed by atoms with Gasteiger partial charge in [-0.1, -0.05) is 48.0 Å². The molecule has 2 aliphatic carbocycles. The summed E-state index contributed by atoms with van der Waals surface area (Å²) in [6, 6.07) is 14.9. The first-order valence-corrected chi connectivity index (χ1v) is 10.1. The van der Waals surface area contributed by atoms with Gasteiger partial charge >= 0.3 is 0 Å². The lowest BCUT2D eigenvalue weighted by Gasteiger charge is -2.13. The Labute approximate surface area is 173 Å². The van der Waals surface area contributed by atoms with Crippen molar-refractivity contribution in [3.63, 3.8) is 0 Å². The molecule has 2 fully saturated rings. The highest BCUT2D eigenvalue weighted by atomic mass is 35.5. The molecule has 0 spiro atoms. The van der Waals surface area contributed by atoms with Gasteiger partial charge in [0, 0.05) is 10.6 Å². The molecule has 6 heteroatoms. The average molecular weight is 407 g/mol. The number of para-hydroxylation sites is 1. The van der Waals surface area contributed by atoms with E-state index in [4.69, 9.17) is 16.3 Å². The Hall–Kier alpha value is -2.92. The summed E-state index contributed by atoms with van der Waals surface area (Å²) in [5.41, 5.74) is 1.65. The van der Waals surface area contributed by atoms with Gasteiger partial charge in [-0.2, -0.15) is 10.1 Å². The predicted molar refractivity (Wildman–Crippen MR) is 109 cm³/mol. The quantitative estimate of drug-likeness (QED) is 0.427. The molecule has 3 aliphatic rings. The minimum atomic E-state index is -0.246. The SMILES string of the molecule is O=C1[C@@H]2[C@@H](C(=O)N1/N=C\c1ccccc1OCc1cccc(Cl)c1)[C@H]1C=C[C@@H]2C1. The van der Waals surface area contributed by atoms with Crippen molar-refractivity contribution in [3.8, 4) is 5.75 Å². The Bertz CT molecular complexity index is 1020. The Kier molecular flexibility index (Phi) is 4.47. The topological polar surface area (TPSA) is 59.0 Å². The van der Waals surface area contributed by atoms with Crippen LogP contribution in [0.4, 0.5) is 0 Å². The van der Waals surface area contributed by atoms with Crippen LogP contribution in [0.3, 0.4) is 0 Å². The Balaban J connectivity index is 1.33. The van der Waals surface area contributed by atoms with Crippen LogP contribution in [0, 0.1) is 23.7 Å². The second-order valence-electron chi connectivity index (χ2n) is 7.69. The molecule has 1 heterocycles. The van der Waals surface area contributed by atoms with Gasteiger partial charge in [0.1, 0.15) is 12.4 Å².